The number of ether oxygens (including phenoxy) is 1. The molecule has 5 nitrogen and oxygen atoms in total. The maximum atomic E-state index is 10.9. The lowest BCUT2D eigenvalue weighted by Crippen LogP contribution is -2.44. The minimum Gasteiger partial charge on any atom is -0.439 e. The molecule has 0 atom stereocenters. The molecule has 0 aromatic heterocycles. The van der Waals surface area contributed by atoms with Gasteiger partial charge >= 0.3 is 5.97 Å². The van der Waals surface area contributed by atoms with Gasteiger partial charge < -0.3 is 20.1 Å². The molecule has 76 valence electrons. The largest absolute Gasteiger partial charge is 0.439 e. The first kappa shape index (κ1) is 10.4. The van der Waals surface area contributed by atoms with E-state index in [0.717, 1.165) is 32.7 Å². The molecule has 13 heavy (non-hydrogen) atoms. The van der Waals surface area contributed by atoms with Gasteiger partial charge in [-0.25, -0.2) is 0 Å². The normalized spacial score (nSPS) is 18.5. The van der Waals surface area contributed by atoms with Crippen molar-refractivity contribution >= 4 is 5.97 Å². The van der Waals surface area contributed by atoms with E-state index < -0.39 is 6.79 Å². The SMILES string of the molecule is O=C(CCN1CCNCC1)OCO. The summed E-state index contributed by atoms with van der Waals surface area (Å²) in [5.74, 6) is -0.332. The van der Waals surface area contributed by atoms with Gasteiger partial charge in [0.2, 0.25) is 0 Å². The molecule has 2 N–H and O–H groups in total. The third-order valence-electron chi connectivity index (χ3n) is 2.07. The number of hydrogen-bond acceptors (Lipinski definition) is 5. The summed E-state index contributed by atoms with van der Waals surface area (Å²) in [5.41, 5.74) is 0. The lowest BCUT2D eigenvalue weighted by atomic mass is 10.3. The Kier molecular flexibility index (Phi) is 4.74. The van der Waals surface area contributed by atoms with Gasteiger partial charge in [0.05, 0.1) is 6.42 Å². The van der Waals surface area contributed by atoms with Gasteiger partial charge in [0, 0.05) is 32.7 Å². The van der Waals surface area contributed by atoms with Gasteiger partial charge in [0.1, 0.15) is 0 Å². The van der Waals surface area contributed by atoms with E-state index in [0.29, 0.717) is 6.42 Å². The van der Waals surface area contributed by atoms with Crippen molar-refractivity contribution in [1.29, 1.82) is 0 Å². The highest BCUT2D eigenvalue weighted by molar-refractivity contribution is 5.69. The van der Waals surface area contributed by atoms with Crippen LogP contribution in [0.5, 0.6) is 0 Å². The van der Waals surface area contributed by atoms with Crippen molar-refractivity contribution < 1.29 is 14.6 Å². The Labute approximate surface area is 77.7 Å². The van der Waals surface area contributed by atoms with Gasteiger partial charge in [-0.1, -0.05) is 0 Å². The number of aliphatic hydroxyl groups excluding tert-OH is 1. The Hall–Kier alpha value is -0.650. The Bertz CT molecular complexity index is 157. The van der Waals surface area contributed by atoms with E-state index in [2.05, 4.69) is 15.0 Å². The summed E-state index contributed by atoms with van der Waals surface area (Å²) in [5, 5.41) is 11.5. The second-order valence-electron chi connectivity index (χ2n) is 2.99. The molecule has 1 aliphatic rings. The molecule has 1 heterocycles. The molecule has 0 radical (unpaired) electrons. The first-order chi connectivity index (χ1) is 6.33. The number of nitrogens with one attached hydrogen (secondary N) is 1. The minimum atomic E-state index is -0.514. The molecule has 0 saturated carbocycles. The van der Waals surface area contributed by atoms with Crippen LogP contribution in [-0.2, 0) is 9.53 Å². The third kappa shape index (κ3) is 4.21. The van der Waals surface area contributed by atoms with E-state index in [4.69, 9.17) is 5.11 Å². The molecule has 1 rings (SSSR count). The average Bonchev–Trinajstić information content (AvgIpc) is 2.17. The number of carbonyl (C=O) groups is 1. The predicted molar refractivity (Wildman–Crippen MR) is 47.1 cm³/mol. The highest BCUT2D eigenvalue weighted by Gasteiger charge is 2.11. The second kappa shape index (κ2) is 5.90. The van der Waals surface area contributed by atoms with Crippen LogP contribution in [0.4, 0.5) is 0 Å². The zero-order valence-electron chi connectivity index (χ0n) is 7.66. The van der Waals surface area contributed by atoms with Gasteiger partial charge in [-0.3, -0.25) is 4.79 Å². The number of carbonyl (C=O) groups excluding carboxylic acids is 1. The van der Waals surface area contributed by atoms with Crippen molar-refractivity contribution in [3.8, 4) is 0 Å². The average molecular weight is 188 g/mol. The molecular formula is C8H16N2O3. The summed E-state index contributed by atoms with van der Waals surface area (Å²) in [7, 11) is 0. The van der Waals surface area contributed by atoms with Crippen molar-refractivity contribution in [3.05, 3.63) is 0 Å². The third-order valence-corrected chi connectivity index (χ3v) is 2.07. The smallest absolute Gasteiger partial charge is 0.309 e. The van der Waals surface area contributed by atoms with Gasteiger partial charge in [-0.2, -0.15) is 0 Å². The Morgan fingerprint density at radius 3 is 2.77 bits per heavy atom. The van der Waals surface area contributed by atoms with E-state index in [9.17, 15) is 4.79 Å². The van der Waals surface area contributed by atoms with E-state index in [1.54, 1.807) is 0 Å². The molecule has 0 aromatic carbocycles. The number of piperazine rings is 1. The van der Waals surface area contributed by atoms with Crippen LogP contribution in [0.25, 0.3) is 0 Å². The van der Waals surface area contributed by atoms with Gasteiger partial charge in [0.25, 0.3) is 0 Å². The monoisotopic (exact) mass is 188 g/mol. The molecule has 1 fully saturated rings. The molecule has 0 aliphatic carbocycles. The fraction of sp³-hybridized carbons (Fsp3) is 0.875. The lowest BCUT2D eigenvalue weighted by Gasteiger charge is -2.26. The minimum absolute atomic E-state index is 0.332. The Morgan fingerprint density at radius 1 is 1.46 bits per heavy atom. The standard InChI is InChI=1S/C8H16N2O3/c11-7-13-8(12)1-4-10-5-2-9-3-6-10/h9,11H,1-7H2. The number of rotatable bonds is 4. The number of hydrogen-bond donors (Lipinski definition) is 2. The molecule has 1 aliphatic heterocycles. The van der Waals surface area contributed by atoms with E-state index in [-0.39, 0.29) is 5.97 Å². The summed E-state index contributed by atoms with van der Waals surface area (Å²) in [6.07, 6.45) is 0.362. The molecule has 0 aromatic rings. The first-order valence-corrected chi connectivity index (χ1v) is 4.52. The molecule has 0 amide bonds. The highest BCUT2D eigenvalue weighted by atomic mass is 16.6. The topological polar surface area (TPSA) is 61.8 Å². The molecular weight excluding hydrogens is 172 g/mol. The zero-order chi connectivity index (χ0) is 9.52. The predicted octanol–water partition coefficient (Wildman–Crippen LogP) is -1.23. The zero-order valence-corrected chi connectivity index (χ0v) is 7.66. The van der Waals surface area contributed by atoms with E-state index in [1.165, 1.54) is 0 Å². The van der Waals surface area contributed by atoms with Crippen LogP contribution in [0, 0.1) is 0 Å². The quantitative estimate of drug-likeness (QED) is 0.427. The van der Waals surface area contributed by atoms with Crippen molar-refractivity contribution in [3.63, 3.8) is 0 Å². The summed E-state index contributed by atoms with van der Waals surface area (Å²) >= 11 is 0. The highest BCUT2D eigenvalue weighted by Crippen LogP contribution is 1.95. The van der Waals surface area contributed by atoms with Gasteiger partial charge in [-0.15, -0.1) is 0 Å². The Morgan fingerprint density at radius 2 is 2.15 bits per heavy atom. The van der Waals surface area contributed by atoms with Crippen molar-refractivity contribution in [1.82, 2.24) is 10.2 Å². The van der Waals surface area contributed by atoms with Crippen LogP contribution < -0.4 is 5.32 Å². The van der Waals surface area contributed by atoms with Crippen LogP contribution >= 0.6 is 0 Å². The fourth-order valence-corrected chi connectivity index (χ4v) is 1.33. The molecule has 0 spiro atoms. The number of nitrogens with zero attached hydrogens (tertiary/aromatic N) is 1. The van der Waals surface area contributed by atoms with Crippen LogP contribution in [-0.4, -0.2) is 55.5 Å². The fourth-order valence-electron chi connectivity index (χ4n) is 1.33. The second-order valence-corrected chi connectivity index (χ2v) is 2.99. The van der Waals surface area contributed by atoms with Gasteiger partial charge in [0.15, 0.2) is 6.79 Å². The molecule has 1 saturated heterocycles. The molecule has 5 heteroatoms. The summed E-state index contributed by atoms with van der Waals surface area (Å²) in [6, 6.07) is 0. The van der Waals surface area contributed by atoms with Crippen LogP contribution in [0.3, 0.4) is 0 Å². The van der Waals surface area contributed by atoms with Crippen molar-refractivity contribution in [2.45, 2.75) is 6.42 Å². The summed E-state index contributed by atoms with van der Waals surface area (Å²) in [4.78, 5) is 13.1. The molecule has 0 bridgehead atoms. The van der Waals surface area contributed by atoms with Crippen LogP contribution in [0.2, 0.25) is 0 Å². The maximum Gasteiger partial charge on any atom is 0.309 e. The van der Waals surface area contributed by atoms with E-state index in [1.807, 2.05) is 0 Å². The van der Waals surface area contributed by atoms with Crippen LogP contribution in [0.1, 0.15) is 6.42 Å². The van der Waals surface area contributed by atoms with E-state index >= 15 is 0 Å². The summed E-state index contributed by atoms with van der Waals surface area (Å²) in [6.45, 7) is 4.13. The summed E-state index contributed by atoms with van der Waals surface area (Å²) < 4.78 is 4.41. The Balaban J connectivity index is 2.06. The van der Waals surface area contributed by atoms with Crippen LogP contribution in [0.15, 0.2) is 0 Å². The van der Waals surface area contributed by atoms with Gasteiger partial charge in [-0.05, 0) is 0 Å². The van der Waals surface area contributed by atoms with Crippen molar-refractivity contribution in [2.75, 3.05) is 39.5 Å². The molecule has 0 unspecified atom stereocenters. The lowest BCUT2D eigenvalue weighted by molar-refractivity contribution is -0.152. The number of aliphatic hydroxyl groups is 1. The van der Waals surface area contributed by atoms with Crippen molar-refractivity contribution in [2.24, 2.45) is 0 Å². The maximum absolute atomic E-state index is 10.9. The number of esters is 1. The first-order valence-electron chi connectivity index (χ1n) is 4.52.